The number of benzene rings is 1. The molecule has 1 N–H and O–H groups in total. The predicted molar refractivity (Wildman–Crippen MR) is 143 cm³/mol. The van der Waals surface area contributed by atoms with Crippen molar-refractivity contribution < 1.29 is 19.1 Å². The van der Waals surface area contributed by atoms with Crippen molar-refractivity contribution in [2.75, 3.05) is 20.6 Å². The van der Waals surface area contributed by atoms with Crippen LogP contribution in [0.1, 0.15) is 41.0 Å². The first-order valence-corrected chi connectivity index (χ1v) is 14.5. The monoisotopic (exact) mass is 530 g/mol. The van der Waals surface area contributed by atoms with Gasteiger partial charge >= 0.3 is 5.97 Å². The first-order valence-electron chi connectivity index (χ1n) is 12.4. The Hall–Kier alpha value is -1.70. The normalized spacial score (nSPS) is 24.1. The summed E-state index contributed by atoms with van der Waals surface area (Å²) >= 11 is 8.80. The quantitative estimate of drug-likeness (QED) is 0.268. The van der Waals surface area contributed by atoms with Gasteiger partial charge in [-0.15, -0.1) is 22.7 Å². The Balaban J connectivity index is 1.26. The molecule has 0 aliphatic heterocycles. The molecule has 7 heteroatoms. The van der Waals surface area contributed by atoms with Crippen LogP contribution in [0, 0.1) is 11.8 Å². The Kier molecular flexibility index (Phi) is 7.12. The van der Waals surface area contributed by atoms with Crippen molar-refractivity contribution in [1.82, 2.24) is 0 Å². The zero-order valence-electron chi connectivity index (χ0n) is 20.2. The van der Waals surface area contributed by atoms with Crippen LogP contribution in [0.15, 0.2) is 59.3 Å². The highest BCUT2D eigenvalue weighted by Gasteiger charge is 2.57. The zero-order valence-corrected chi connectivity index (χ0v) is 22.6. The van der Waals surface area contributed by atoms with Crippen molar-refractivity contribution in [3.8, 4) is 0 Å². The van der Waals surface area contributed by atoms with E-state index in [0.717, 1.165) is 48.2 Å². The zero-order chi connectivity index (χ0) is 24.6. The van der Waals surface area contributed by atoms with Crippen LogP contribution in [0.25, 0.3) is 0 Å². The van der Waals surface area contributed by atoms with Crippen LogP contribution in [0.2, 0.25) is 5.02 Å². The molecular formula is C28H33ClNO3S2+. The van der Waals surface area contributed by atoms with Crippen molar-refractivity contribution in [2.45, 2.75) is 49.9 Å². The summed E-state index contributed by atoms with van der Waals surface area (Å²) in [6.45, 7) is 1.07. The third-order valence-electron chi connectivity index (χ3n) is 8.10. The molecule has 186 valence electrons. The third-order valence-corrected chi connectivity index (χ3v) is 10.3. The van der Waals surface area contributed by atoms with Gasteiger partial charge in [-0.3, -0.25) is 0 Å². The summed E-state index contributed by atoms with van der Waals surface area (Å²) in [6, 6.07) is 16.0. The number of quaternary nitrogens is 1. The second-order valence-corrected chi connectivity index (χ2v) is 12.9. The molecule has 0 radical (unpaired) electrons. The van der Waals surface area contributed by atoms with Crippen LogP contribution in [-0.4, -0.2) is 48.3 Å². The summed E-state index contributed by atoms with van der Waals surface area (Å²) < 4.78 is 7.16. The van der Waals surface area contributed by atoms with Gasteiger partial charge in [0.25, 0.3) is 0 Å². The Bertz CT molecular complexity index is 1090. The molecule has 4 unspecified atom stereocenters. The van der Waals surface area contributed by atoms with Gasteiger partial charge in [-0.25, -0.2) is 4.79 Å². The summed E-state index contributed by atoms with van der Waals surface area (Å²) in [5.41, 5.74) is -0.418. The highest BCUT2D eigenvalue weighted by Crippen LogP contribution is 2.50. The number of halogens is 1. The second-order valence-electron chi connectivity index (χ2n) is 10.6. The number of fused-ring (bicyclic) bond motifs is 2. The minimum absolute atomic E-state index is 0.118. The Morgan fingerprint density at radius 1 is 1.09 bits per heavy atom. The van der Waals surface area contributed by atoms with Gasteiger partial charge in [0.05, 0.1) is 36.4 Å². The lowest BCUT2D eigenvalue weighted by molar-refractivity contribution is -0.918. The number of aryl methyl sites for hydroxylation is 1. The van der Waals surface area contributed by atoms with E-state index in [9.17, 15) is 9.90 Å². The van der Waals surface area contributed by atoms with E-state index in [1.807, 2.05) is 47.2 Å². The van der Waals surface area contributed by atoms with Gasteiger partial charge < -0.3 is 14.3 Å². The molecule has 5 rings (SSSR count). The number of aliphatic hydroxyl groups is 1. The number of esters is 1. The maximum absolute atomic E-state index is 13.6. The van der Waals surface area contributed by atoms with Gasteiger partial charge in [-0.1, -0.05) is 35.9 Å². The fraction of sp³-hybridized carbons (Fsp3) is 0.464. The average Bonchev–Trinajstić information content (AvgIpc) is 3.65. The van der Waals surface area contributed by atoms with E-state index in [4.69, 9.17) is 16.3 Å². The minimum Gasteiger partial charge on any atom is -0.459 e. The van der Waals surface area contributed by atoms with E-state index < -0.39 is 11.6 Å². The van der Waals surface area contributed by atoms with Crippen LogP contribution < -0.4 is 0 Å². The van der Waals surface area contributed by atoms with Crippen molar-refractivity contribution >= 4 is 40.2 Å². The van der Waals surface area contributed by atoms with E-state index in [2.05, 4.69) is 26.2 Å². The van der Waals surface area contributed by atoms with Gasteiger partial charge in [-0.2, -0.15) is 0 Å². The van der Waals surface area contributed by atoms with Gasteiger partial charge in [0.1, 0.15) is 6.10 Å². The van der Waals surface area contributed by atoms with Crippen molar-refractivity contribution in [3.05, 3.63) is 79.6 Å². The standard InChI is InChI=1S/C28H33ClNO3S2/c1-30(2,15-3-6-19-9-12-21(29)13-10-19)23-18-20-11-14-22(23)26(20)33-27(31)28(32,24-7-4-16-34-24)25-8-5-17-35-25/h4-5,7-10,12-13,16-17,20,22-23,26,32H,3,6,11,14-15,18H2,1-2H3/q+1. The van der Waals surface area contributed by atoms with Crippen molar-refractivity contribution in [1.29, 1.82) is 0 Å². The van der Waals surface area contributed by atoms with Crippen LogP contribution in [0.5, 0.6) is 0 Å². The van der Waals surface area contributed by atoms with E-state index in [0.29, 0.717) is 27.6 Å². The number of ether oxygens (including phenoxy) is 1. The van der Waals surface area contributed by atoms with E-state index >= 15 is 0 Å². The summed E-state index contributed by atoms with van der Waals surface area (Å²) in [5.74, 6) is 0.182. The molecule has 0 amide bonds. The molecule has 2 aliphatic carbocycles. The highest BCUT2D eigenvalue weighted by atomic mass is 35.5. The largest absolute Gasteiger partial charge is 0.459 e. The van der Waals surface area contributed by atoms with Gasteiger partial charge in [0.2, 0.25) is 5.60 Å². The molecule has 0 saturated heterocycles. The lowest BCUT2D eigenvalue weighted by atomic mass is 9.92. The Morgan fingerprint density at radius 3 is 2.34 bits per heavy atom. The summed E-state index contributed by atoms with van der Waals surface area (Å²) in [5, 5.41) is 16.2. The predicted octanol–water partition coefficient (Wildman–Crippen LogP) is 6.12. The molecular weight excluding hydrogens is 498 g/mol. The first kappa shape index (κ1) is 25.0. The number of carbonyl (C=O) groups is 1. The maximum Gasteiger partial charge on any atom is 0.349 e. The number of carbonyl (C=O) groups excluding carboxylic acids is 1. The third kappa shape index (κ3) is 4.84. The summed E-state index contributed by atoms with van der Waals surface area (Å²) in [6.07, 6.45) is 5.28. The van der Waals surface area contributed by atoms with Crippen LogP contribution in [-0.2, 0) is 21.6 Å². The van der Waals surface area contributed by atoms with Crippen molar-refractivity contribution in [3.63, 3.8) is 0 Å². The molecule has 4 atom stereocenters. The molecule has 2 aliphatic rings. The fourth-order valence-electron chi connectivity index (χ4n) is 6.23. The SMILES string of the molecule is C[N+](C)(CCCc1ccc(Cl)cc1)C1CC2CCC1C2OC(=O)C(O)(c1cccs1)c1cccs1. The number of hydrogen-bond donors (Lipinski definition) is 1. The topological polar surface area (TPSA) is 46.5 Å². The molecule has 2 aromatic heterocycles. The Labute approximate surface area is 220 Å². The molecule has 0 spiro atoms. The summed E-state index contributed by atoms with van der Waals surface area (Å²) in [4.78, 5) is 14.8. The van der Waals surface area contributed by atoms with Crippen LogP contribution in [0.4, 0.5) is 0 Å². The Morgan fingerprint density at radius 2 is 1.74 bits per heavy atom. The first-order chi connectivity index (χ1) is 16.8. The lowest BCUT2D eigenvalue weighted by Crippen LogP contribution is -2.52. The van der Waals surface area contributed by atoms with E-state index in [-0.39, 0.29) is 6.10 Å². The van der Waals surface area contributed by atoms with E-state index in [1.165, 1.54) is 28.2 Å². The van der Waals surface area contributed by atoms with Crippen molar-refractivity contribution in [2.24, 2.45) is 11.8 Å². The average molecular weight is 531 g/mol. The van der Waals surface area contributed by atoms with E-state index in [1.54, 1.807) is 0 Å². The van der Waals surface area contributed by atoms with Crippen LogP contribution in [0.3, 0.4) is 0 Å². The number of nitrogens with zero attached hydrogens (tertiary/aromatic N) is 1. The van der Waals surface area contributed by atoms with Gasteiger partial charge in [0, 0.05) is 29.7 Å². The van der Waals surface area contributed by atoms with Gasteiger partial charge in [0.15, 0.2) is 0 Å². The summed E-state index contributed by atoms with van der Waals surface area (Å²) in [7, 11) is 4.64. The smallest absolute Gasteiger partial charge is 0.349 e. The number of thiophene rings is 2. The highest BCUT2D eigenvalue weighted by molar-refractivity contribution is 7.12. The number of rotatable bonds is 9. The molecule has 2 heterocycles. The second kappa shape index (κ2) is 9.98. The molecule has 2 saturated carbocycles. The lowest BCUT2D eigenvalue weighted by Gasteiger charge is -2.40. The molecule has 1 aromatic carbocycles. The fourth-order valence-corrected chi connectivity index (χ4v) is 8.07. The minimum atomic E-state index is -1.73. The molecule has 4 nitrogen and oxygen atoms in total. The van der Waals surface area contributed by atoms with Gasteiger partial charge in [-0.05, 0) is 59.9 Å². The maximum atomic E-state index is 13.6. The van der Waals surface area contributed by atoms with Crippen LogP contribution >= 0.6 is 34.3 Å². The molecule has 3 aromatic rings. The number of hydrogen-bond acceptors (Lipinski definition) is 5. The molecule has 2 bridgehead atoms. The molecule has 35 heavy (non-hydrogen) atoms. The molecule has 2 fully saturated rings.